The first-order valence-corrected chi connectivity index (χ1v) is 33.1. The van der Waals surface area contributed by atoms with Crippen molar-refractivity contribution in [3.05, 3.63) is 0 Å². The van der Waals surface area contributed by atoms with Crippen molar-refractivity contribution in [2.24, 2.45) is 117 Å². The maximum atomic E-state index is 11.3. The van der Waals surface area contributed by atoms with E-state index in [1.807, 2.05) is 83.1 Å². The molecule has 19 nitrogen and oxygen atoms in total. The number of unbranched alkanes of at least 4 members (excludes halogenated alkanes) is 1. The van der Waals surface area contributed by atoms with Crippen molar-refractivity contribution in [2.75, 3.05) is 58.9 Å². The van der Waals surface area contributed by atoms with E-state index in [0.717, 1.165) is 89.4 Å². The first kappa shape index (κ1) is 84.7. The molecule has 0 spiro atoms. The van der Waals surface area contributed by atoms with Crippen LogP contribution in [-0.2, 0) is 28.8 Å². The summed E-state index contributed by atoms with van der Waals surface area (Å²) in [5.74, 6) is 6.21. The predicted molar refractivity (Wildman–Crippen MR) is 352 cm³/mol. The zero-order chi connectivity index (χ0) is 64.9. The largest absolute Gasteiger partial charge is 0.356 e. The van der Waals surface area contributed by atoms with Crippen LogP contribution in [0.5, 0.6) is 0 Å². The van der Waals surface area contributed by atoms with Gasteiger partial charge in [-0.15, -0.1) is 0 Å². The molecule has 0 aliphatic heterocycles. The summed E-state index contributed by atoms with van der Waals surface area (Å²) in [4.78, 5) is 67.5. The summed E-state index contributed by atoms with van der Waals surface area (Å²) in [6.45, 7) is 37.9. The Morgan fingerprint density at radius 2 is 0.655 bits per heavy atom. The van der Waals surface area contributed by atoms with Crippen LogP contribution in [0, 0.1) is 76.9 Å². The second-order valence-electron chi connectivity index (χ2n) is 26.9. The van der Waals surface area contributed by atoms with E-state index in [2.05, 4.69) is 59.6 Å². The summed E-state index contributed by atoms with van der Waals surface area (Å²) >= 11 is 0. The minimum Gasteiger partial charge on any atom is -0.356 e. The number of hydrogen-bond donors (Lipinski definition) is 13. The van der Waals surface area contributed by atoms with Crippen molar-refractivity contribution in [2.45, 2.75) is 244 Å². The maximum Gasteiger partial charge on any atom is 0.222 e. The molecule has 2 unspecified atom stereocenters. The van der Waals surface area contributed by atoms with Crippen LogP contribution in [0.3, 0.4) is 0 Å². The number of amides is 6. The third-order valence-corrected chi connectivity index (χ3v) is 15.6. The van der Waals surface area contributed by atoms with Crippen LogP contribution in [0.4, 0.5) is 0 Å². The molecular formula is C65H137N13O6. The van der Waals surface area contributed by atoms with Crippen LogP contribution >= 0.6 is 0 Å². The molecule has 3 saturated carbocycles. The van der Waals surface area contributed by atoms with E-state index in [0.29, 0.717) is 62.3 Å². The highest BCUT2D eigenvalue weighted by Gasteiger charge is 2.28. The standard InChI is InChI=1S/C13H26N2O.2C11H22N2O.C11H24N2O.C10H22N2O.C9H21N3O/c1-9(2)13(16)15-8-12(14)7-4-10(3)11-5-6-11;2*1-8(2)11(14)13-7-10-4-3-9(5-10)6-12;1-8(2)5-6-10(12)7-13-11(14)9(3)4;1-4-5-6-9(11)7-12-10(13)8(2)3;1-7(2)9(13)12-6-8(11)4-3-5-10/h9-12H,4-8,14H2,1-3H3,(H,15,16);2*8-10H,3-7,12H2,1-2H3,(H,13,14);8-10H,5-7,12H2,1-4H3,(H,13,14);8-9H,4-7,11H2,1-3H3,(H,12,13);7-8H,3-6,10-11H2,1-2H3,(H,12,13)/t10?,12-;9-,10+;9-,10-;10-;9-;/m01001./s1. The number of nitrogens with one attached hydrogen (secondary N) is 6. The van der Waals surface area contributed by atoms with E-state index in [4.69, 9.17) is 40.1 Å². The third-order valence-electron chi connectivity index (χ3n) is 15.6. The quantitative estimate of drug-likeness (QED) is 0.0322. The fraction of sp³-hybridized carbons (Fsp3) is 0.908. The summed E-state index contributed by atoms with van der Waals surface area (Å²) in [5.41, 5.74) is 39.9. The fourth-order valence-corrected chi connectivity index (χ4v) is 8.98. The van der Waals surface area contributed by atoms with Crippen LogP contribution in [0.15, 0.2) is 0 Å². The zero-order valence-electron chi connectivity index (χ0n) is 56.7. The van der Waals surface area contributed by atoms with E-state index >= 15 is 0 Å². The van der Waals surface area contributed by atoms with E-state index in [1.165, 1.54) is 57.8 Å². The Kier molecular flexibility index (Phi) is 52.0. The van der Waals surface area contributed by atoms with E-state index in [9.17, 15) is 28.8 Å². The first-order valence-electron chi connectivity index (χ1n) is 33.1. The van der Waals surface area contributed by atoms with Crippen molar-refractivity contribution >= 4 is 35.4 Å². The number of nitrogens with two attached hydrogens (primary N) is 7. The fourth-order valence-electron chi connectivity index (χ4n) is 8.98. The van der Waals surface area contributed by atoms with Gasteiger partial charge in [0.25, 0.3) is 0 Å². The molecule has 20 N–H and O–H groups in total. The molecule has 498 valence electrons. The lowest BCUT2D eigenvalue weighted by atomic mass is 9.97. The van der Waals surface area contributed by atoms with Gasteiger partial charge in [0.15, 0.2) is 0 Å². The molecule has 0 aromatic carbocycles. The van der Waals surface area contributed by atoms with Crippen LogP contribution in [0.25, 0.3) is 0 Å². The molecular weight excluding hydrogens is 1060 g/mol. The Morgan fingerprint density at radius 1 is 0.369 bits per heavy atom. The molecule has 3 aliphatic rings. The van der Waals surface area contributed by atoms with Gasteiger partial charge < -0.3 is 72.0 Å². The lowest BCUT2D eigenvalue weighted by molar-refractivity contribution is -0.124. The monoisotopic (exact) mass is 1200 g/mol. The zero-order valence-corrected chi connectivity index (χ0v) is 56.7. The second kappa shape index (κ2) is 51.6. The molecule has 3 rings (SSSR count). The Hall–Kier alpha value is -3.46. The van der Waals surface area contributed by atoms with Crippen LogP contribution < -0.4 is 72.0 Å². The topological polar surface area (TPSA) is 357 Å². The average Bonchev–Trinajstić information content (AvgIpc) is 4.10. The van der Waals surface area contributed by atoms with Crippen molar-refractivity contribution < 1.29 is 28.8 Å². The molecule has 9 atom stereocenters. The molecule has 84 heavy (non-hydrogen) atoms. The molecule has 0 heterocycles. The summed E-state index contributed by atoms with van der Waals surface area (Å²) in [7, 11) is 0. The van der Waals surface area contributed by atoms with Crippen LogP contribution in [0.1, 0.15) is 220 Å². The number of carbonyl (C=O) groups excluding carboxylic acids is 6. The van der Waals surface area contributed by atoms with Crippen molar-refractivity contribution in [1.82, 2.24) is 31.9 Å². The minimum absolute atomic E-state index is 0.0294. The summed E-state index contributed by atoms with van der Waals surface area (Å²) in [5, 5.41) is 17.3. The van der Waals surface area contributed by atoms with Gasteiger partial charge in [-0.1, -0.05) is 124 Å². The van der Waals surface area contributed by atoms with Crippen LogP contribution in [-0.4, -0.2) is 119 Å². The Morgan fingerprint density at radius 3 is 0.917 bits per heavy atom. The van der Waals surface area contributed by atoms with Gasteiger partial charge in [0.05, 0.1) is 0 Å². The number of carbonyl (C=O) groups is 6. The van der Waals surface area contributed by atoms with Crippen molar-refractivity contribution in [3.8, 4) is 0 Å². The van der Waals surface area contributed by atoms with Crippen molar-refractivity contribution in [1.29, 1.82) is 0 Å². The van der Waals surface area contributed by atoms with Gasteiger partial charge in [0, 0.05) is 98.9 Å². The minimum atomic E-state index is 0.0294. The molecule has 19 heteroatoms. The Labute approximate surface area is 514 Å². The molecule has 6 amide bonds. The van der Waals surface area contributed by atoms with Gasteiger partial charge >= 0.3 is 0 Å². The molecule has 0 aromatic heterocycles. The average molecular weight is 1200 g/mol. The highest BCUT2D eigenvalue weighted by molar-refractivity contribution is 5.79. The third kappa shape index (κ3) is 49.6. The lowest BCUT2D eigenvalue weighted by Gasteiger charge is -2.16. The molecule has 0 bridgehead atoms. The maximum absolute atomic E-state index is 11.3. The molecule has 0 radical (unpaired) electrons. The summed E-state index contributed by atoms with van der Waals surface area (Å²) in [6.07, 6.45) is 19.5. The molecule has 0 saturated heterocycles. The molecule has 0 aromatic rings. The van der Waals surface area contributed by atoms with E-state index in [1.54, 1.807) is 0 Å². The van der Waals surface area contributed by atoms with Gasteiger partial charge in [-0.25, -0.2) is 0 Å². The predicted octanol–water partition coefficient (Wildman–Crippen LogP) is 6.80. The summed E-state index contributed by atoms with van der Waals surface area (Å²) in [6, 6.07) is 0.359. The lowest BCUT2D eigenvalue weighted by Crippen LogP contribution is -2.39. The van der Waals surface area contributed by atoms with Crippen molar-refractivity contribution in [3.63, 3.8) is 0 Å². The Balaban J connectivity index is -0.000000939. The summed E-state index contributed by atoms with van der Waals surface area (Å²) < 4.78 is 0. The number of hydrogen-bond acceptors (Lipinski definition) is 13. The normalized spacial score (nSPS) is 18.9. The first-order chi connectivity index (χ1) is 39.3. The second-order valence-corrected chi connectivity index (χ2v) is 26.9. The van der Waals surface area contributed by atoms with Gasteiger partial charge in [-0.2, -0.15) is 0 Å². The van der Waals surface area contributed by atoms with Gasteiger partial charge in [-0.05, 0) is 157 Å². The Bertz CT molecular complexity index is 1600. The van der Waals surface area contributed by atoms with E-state index < -0.39 is 0 Å². The van der Waals surface area contributed by atoms with Crippen LogP contribution in [0.2, 0.25) is 0 Å². The molecule has 3 aliphatic carbocycles. The van der Waals surface area contributed by atoms with Gasteiger partial charge in [0.1, 0.15) is 0 Å². The highest BCUT2D eigenvalue weighted by atomic mass is 16.2. The van der Waals surface area contributed by atoms with Gasteiger partial charge in [0.2, 0.25) is 35.4 Å². The highest BCUT2D eigenvalue weighted by Crippen LogP contribution is 2.38. The SMILES string of the molecule is CC(C)C(=O)NCC(N)CCCN.CC(C)C(=O)NC[C@@H](N)CCC(C)C1CC1.CC(C)C(=O)NC[C@H]1CC[C@@H](CN)C1.CC(C)C(=O)NC[C@H]1CC[C@H](CN)C1.CC(C)CC[C@H](N)CNC(=O)C(C)C.CCCC[C@@H](N)CNC(=O)C(C)C. The smallest absolute Gasteiger partial charge is 0.222 e. The molecule has 3 fully saturated rings. The van der Waals surface area contributed by atoms with E-state index in [-0.39, 0.29) is 95.1 Å². The number of rotatable bonds is 33. The van der Waals surface area contributed by atoms with Gasteiger partial charge in [-0.3, -0.25) is 28.8 Å².